The van der Waals surface area contributed by atoms with Gasteiger partial charge in [0, 0.05) is 0 Å². The Morgan fingerprint density at radius 1 is 1.53 bits per heavy atom. The van der Waals surface area contributed by atoms with Crippen LogP contribution in [-0.4, -0.2) is 5.11 Å². The fourth-order valence-electron chi connectivity index (χ4n) is 3.08. The molecule has 0 saturated heterocycles. The number of furan rings is 1. The molecular formula is C15H20BrNO2. The summed E-state index contributed by atoms with van der Waals surface area (Å²) in [5.74, 6) is 1.20. The molecule has 1 aliphatic carbocycles. The molecule has 104 valence electrons. The predicted molar refractivity (Wildman–Crippen MR) is 76.3 cm³/mol. The number of nitrogens with zero attached hydrogens (tertiary/aromatic N) is 1. The maximum absolute atomic E-state index is 10.5. The van der Waals surface area contributed by atoms with Gasteiger partial charge in [-0.05, 0) is 59.7 Å². The van der Waals surface area contributed by atoms with Crippen LogP contribution in [0, 0.1) is 22.7 Å². The summed E-state index contributed by atoms with van der Waals surface area (Å²) in [5.41, 5.74) is -0.679. The Kier molecular flexibility index (Phi) is 4.70. The molecule has 0 aromatic carbocycles. The van der Waals surface area contributed by atoms with Crippen molar-refractivity contribution in [3.8, 4) is 6.07 Å². The SMILES string of the molecule is CCCC1CCC(C#N)(C(O)c2ccc(Br)o2)CC1. The molecule has 1 unspecified atom stereocenters. The Labute approximate surface area is 122 Å². The number of hydrogen-bond acceptors (Lipinski definition) is 3. The van der Waals surface area contributed by atoms with Gasteiger partial charge in [0.05, 0.1) is 11.5 Å². The summed E-state index contributed by atoms with van der Waals surface area (Å²) in [5, 5.41) is 20.0. The van der Waals surface area contributed by atoms with E-state index >= 15 is 0 Å². The van der Waals surface area contributed by atoms with Gasteiger partial charge < -0.3 is 9.52 Å². The van der Waals surface area contributed by atoms with Crippen LogP contribution < -0.4 is 0 Å². The van der Waals surface area contributed by atoms with Crippen LogP contribution in [0.1, 0.15) is 57.3 Å². The average Bonchev–Trinajstić information content (AvgIpc) is 2.86. The molecule has 1 aromatic rings. The van der Waals surface area contributed by atoms with E-state index in [2.05, 4.69) is 28.9 Å². The zero-order valence-electron chi connectivity index (χ0n) is 11.2. The van der Waals surface area contributed by atoms with E-state index in [1.807, 2.05) is 0 Å². The smallest absolute Gasteiger partial charge is 0.169 e. The second-order valence-electron chi connectivity index (χ2n) is 5.54. The fourth-order valence-corrected chi connectivity index (χ4v) is 3.40. The maximum atomic E-state index is 10.5. The Morgan fingerprint density at radius 2 is 2.21 bits per heavy atom. The van der Waals surface area contributed by atoms with E-state index in [0.717, 1.165) is 25.7 Å². The van der Waals surface area contributed by atoms with Crippen LogP contribution in [0.2, 0.25) is 0 Å². The van der Waals surface area contributed by atoms with Crippen LogP contribution in [0.15, 0.2) is 21.2 Å². The molecule has 3 nitrogen and oxygen atoms in total. The van der Waals surface area contributed by atoms with E-state index in [1.54, 1.807) is 12.1 Å². The summed E-state index contributed by atoms with van der Waals surface area (Å²) < 4.78 is 6.01. The minimum Gasteiger partial charge on any atom is -0.452 e. The van der Waals surface area contributed by atoms with Gasteiger partial charge in [-0.25, -0.2) is 0 Å². The van der Waals surface area contributed by atoms with Crippen LogP contribution in [0.25, 0.3) is 0 Å². The molecule has 1 N–H and O–H groups in total. The zero-order valence-corrected chi connectivity index (χ0v) is 12.8. The van der Waals surface area contributed by atoms with Gasteiger partial charge in [0.15, 0.2) is 4.67 Å². The van der Waals surface area contributed by atoms with Gasteiger partial charge in [-0.3, -0.25) is 0 Å². The van der Waals surface area contributed by atoms with Crippen LogP contribution in [0.3, 0.4) is 0 Å². The second kappa shape index (κ2) is 6.11. The largest absolute Gasteiger partial charge is 0.452 e. The third-order valence-electron chi connectivity index (χ3n) is 4.30. The molecule has 1 heterocycles. The summed E-state index contributed by atoms with van der Waals surface area (Å²) in [4.78, 5) is 0. The average molecular weight is 326 g/mol. The summed E-state index contributed by atoms with van der Waals surface area (Å²) in [7, 11) is 0. The van der Waals surface area contributed by atoms with Crippen LogP contribution in [-0.2, 0) is 0 Å². The zero-order chi connectivity index (χ0) is 13.9. The third kappa shape index (κ3) is 3.04. The Morgan fingerprint density at radius 3 is 2.68 bits per heavy atom. The maximum Gasteiger partial charge on any atom is 0.169 e. The predicted octanol–water partition coefficient (Wildman–Crippen LogP) is 4.58. The second-order valence-corrected chi connectivity index (χ2v) is 6.33. The van der Waals surface area contributed by atoms with Crippen molar-refractivity contribution in [2.24, 2.45) is 11.3 Å². The highest BCUT2D eigenvalue weighted by molar-refractivity contribution is 9.10. The highest BCUT2D eigenvalue weighted by Gasteiger charge is 2.43. The molecule has 19 heavy (non-hydrogen) atoms. The molecular weight excluding hydrogens is 306 g/mol. The van der Waals surface area contributed by atoms with Crippen molar-refractivity contribution in [3.63, 3.8) is 0 Å². The lowest BCUT2D eigenvalue weighted by molar-refractivity contribution is 0.00855. The summed E-state index contributed by atoms with van der Waals surface area (Å²) in [6.45, 7) is 2.20. The van der Waals surface area contributed by atoms with Crippen molar-refractivity contribution in [1.29, 1.82) is 5.26 Å². The Balaban J connectivity index is 2.10. The third-order valence-corrected chi connectivity index (χ3v) is 4.73. The number of aliphatic hydroxyl groups is 1. The van der Waals surface area contributed by atoms with E-state index < -0.39 is 11.5 Å². The topological polar surface area (TPSA) is 57.2 Å². The van der Waals surface area contributed by atoms with Crippen LogP contribution >= 0.6 is 15.9 Å². The van der Waals surface area contributed by atoms with Gasteiger partial charge in [0.1, 0.15) is 11.9 Å². The molecule has 2 rings (SSSR count). The van der Waals surface area contributed by atoms with Crippen molar-refractivity contribution in [2.75, 3.05) is 0 Å². The molecule has 0 radical (unpaired) electrons. The lowest BCUT2D eigenvalue weighted by Gasteiger charge is -2.37. The standard InChI is InChI=1S/C15H20BrNO2/c1-2-3-11-6-8-15(10-17,9-7-11)14(18)12-4-5-13(16)19-12/h4-5,11,14,18H,2-3,6-9H2,1H3. The minimum absolute atomic E-state index is 0.488. The number of hydrogen-bond donors (Lipinski definition) is 1. The first kappa shape index (κ1) is 14.6. The quantitative estimate of drug-likeness (QED) is 0.881. The first-order chi connectivity index (χ1) is 9.11. The first-order valence-corrected chi connectivity index (χ1v) is 7.75. The number of aliphatic hydroxyl groups excluding tert-OH is 1. The molecule has 0 bridgehead atoms. The van der Waals surface area contributed by atoms with Gasteiger partial charge in [0.25, 0.3) is 0 Å². The van der Waals surface area contributed by atoms with Gasteiger partial charge in [0.2, 0.25) is 0 Å². The molecule has 0 spiro atoms. The van der Waals surface area contributed by atoms with E-state index in [-0.39, 0.29) is 0 Å². The Bertz CT molecular complexity index is 455. The Hall–Kier alpha value is -0.790. The van der Waals surface area contributed by atoms with E-state index in [9.17, 15) is 10.4 Å². The molecule has 1 aromatic heterocycles. The molecule has 1 saturated carbocycles. The lowest BCUT2D eigenvalue weighted by atomic mass is 9.67. The van der Waals surface area contributed by atoms with Crippen molar-refractivity contribution in [3.05, 3.63) is 22.6 Å². The van der Waals surface area contributed by atoms with E-state index in [0.29, 0.717) is 16.3 Å². The highest BCUT2D eigenvalue weighted by Crippen LogP contribution is 2.48. The number of rotatable bonds is 4. The summed E-state index contributed by atoms with van der Waals surface area (Å²) in [6, 6.07) is 5.86. The fraction of sp³-hybridized carbons (Fsp3) is 0.667. The molecule has 1 aliphatic rings. The van der Waals surface area contributed by atoms with Gasteiger partial charge in [-0.1, -0.05) is 19.8 Å². The number of halogens is 1. The molecule has 4 heteroatoms. The summed E-state index contributed by atoms with van der Waals surface area (Å²) in [6.07, 6.45) is 5.16. The van der Waals surface area contributed by atoms with Crippen molar-refractivity contribution >= 4 is 15.9 Å². The van der Waals surface area contributed by atoms with Gasteiger partial charge >= 0.3 is 0 Å². The molecule has 1 fully saturated rings. The first-order valence-electron chi connectivity index (χ1n) is 6.96. The van der Waals surface area contributed by atoms with Gasteiger partial charge in [-0.2, -0.15) is 5.26 Å². The lowest BCUT2D eigenvalue weighted by Crippen LogP contribution is -2.32. The summed E-state index contributed by atoms with van der Waals surface area (Å²) >= 11 is 3.23. The normalized spacial score (nSPS) is 28.8. The monoisotopic (exact) mass is 325 g/mol. The van der Waals surface area contributed by atoms with E-state index in [4.69, 9.17) is 4.42 Å². The van der Waals surface area contributed by atoms with Crippen molar-refractivity contribution in [1.82, 2.24) is 0 Å². The minimum atomic E-state index is -0.827. The molecule has 0 aliphatic heterocycles. The van der Waals surface area contributed by atoms with Gasteiger partial charge in [-0.15, -0.1) is 0 Å². The highest BCUT2D eigenvalue weighted by atomic mass is 79.9. The molecule has 0 amide bonds. The van der Waals surface area contributed by atoms with Crippen LogP contribution in [0.4, 0.5) is 0 Å². The van der Waals surface area contributed by atoms with E-state index in [1.165, 1.54) is 12.8 Å². The molecule has 1 atom stereocenters. The number of nitriles is 1. The van der Waals surface area contributed by atoms with Crippen molar-refractivity contribution in [2.45, 2.75) is 51.6 Å². The van der Waals surface area contributed by atoms with Crippen molar-refractivity contribution < 1.29 is 9.52 Å². The van der Waals surface area contributed by atoms with Crippen LogP contribution in [0.5, 0.6) is 0 Å².